The Morgan fingerprint density at radius 1 is 1.26 bits per heavy atom. The summed E-state index contributed by atoms with van der Waals surface area (Å²) in [4.78, 5) is 6.70. The number of aliphatic hydroxyl groups excluding tert-OH is 2. The number of nitrogens with one attached hydrogen (secondary N) is 1. The molecule has 0 radical (unpaired) electrons. The van der Waals surface area contributed by atoms with Gasteiger partial charge in [-0.2, -0.15) is 13.9 Å². The summed E-state index contributed by atoms with van der Waals surface area (Å²) < 4.78 is 48.6. The van der Waals surface area contributed by atoms with E-state index >= 15 is 4.39 Å². The molecule has 1 saturated heterocycles. The number of pyridine rings is 1. The number of ether oxygens (including phenoxy) is 1. The van der Waals surface area contributed by atoms with Gasteiger partial charge in [-0.25, -0.2) is 9.37 Å². The summed E-state index contributed by atoms with van der Waals surface area (Å²) in [6.07, 6.45) is 0.886. The van der Waals surface area contributed by atoms with Crippen LogP contribution in [0, 0.1) is 12.7 Å². The third-order valence-corrected chi connectivity index (χ3v) is 6.31. The Kier molecular flexibility index (Phi) is 7.00. The first-order valence-electron chi connectivity index (χ1n) is 11.4. The third-order valence-electron chi connectivity index (χ3n) is 6.31. The highest BCUT2D eigenvalue weighted by atomic mass is 19.3. The van der Waals surface area contributed by atoms with E-state index in [1.165, 1.54) is 19.2 Å². The quantitative estimate of drug-likeness (QED) is 0.460. The molecule has 1 aromatic carbocycles. The number of nitrogens with zero attached hydrogens (tertiary/aromatic N) is 4. The van der Waals surface area contributed by atoms with Crippen LogP contribution in [0.15, 0.2) is 24.3 Å². The molecule has 8 nitrogen and oxygen atoms in total. The number of aromatic nitrogens is 3. The van der Waals surface area contributed by atoms with Crippen molar-refractivity contribution in [2.75, 3.05) is 37.0 Å². The van der Waals surface area contributed by atoms with Crippen molar-refractivity contribution in [2.45, 2.75) is 44.8 Å². The number of rotatable bonds is 7. The average Bonchev–Trinajstić information content (AvgIpc) is 2.85. The highest BCUT2D eigenvalue weighted by Crippen LogP contribution is 2.37. The van der Waals surface area contributed by atoms with Gasteiger partial charge in [-0.1, -0.05) is 12.1 Å². The first kappa shape index (κ1) is 24.9. The van der Waals surface area contributed by atoms with Gasteiger partial charge in [0.25, 0.3) is 5.92 Å². The van der Waals surface area contributed by atoms with E-state index < -0.39 is 30.0 Å². The predicted octanol–water partition coefficient (Wildman–Crippen LogP) is 3.70. The molecule has 1 aliphatic heterocycles. The standard InChI is InChI=1S/C24H28F3N5O3/c1-13(16-5-4-6-18(20(16)25)24(26,27)12-33)28-22-17-11-19(32-9-7-15(34)8-10-32)23(35-3)29-21(17)14(2)30-31-22/h4-6,11,13,15,33-34H,7-10,12H2,1-3H3,(H,28,31)/t13-/m1/s1. The molecule has 0 saturated carbocycles. The maximum Gasteiger partial charge on any atom is 0.298 e. The molecule has 0 spiro atoms. The normalized spacial score (nSPS) is 15.9. The lowest BCUT2D eigenvalue weighted by Gasteiger charge is -2.32. The van der Waals surface area contributed by atoms with E-state index in [4.69, 9.17) is 9.84 Å². The SMILES string of the molecule is COc1nc2c(C)nnc(N[C@H](C)c3cccc(C(F)(F)CO)c3F)c2cc1N1CCC(O)CC1. The van der Waals surface area contributed by atoms with Crippen LogP contribution in [0.4, 0.5) is 24.7 Å². The molecule has 1 atom stereocenters. The monoisotopic (exact) mass is 491 g/mol. The molecule has 3 aromatic rings. The Morgan fingerprint density at radius 2 is 1.97 bits per heavy atom. The van der Waals surface area contributed by atoms with Gasteiger partial charge in [0.1, 0.15) is 23.6 Å². The second-order valence-electron chi connectivity index (χ2n) is 8.70. The molecule has 0 aliphatic carbocycles. The van der Waals surface area contributed by atoms with Gasteiger partial charge in [-0.3, -0.25) is 0 Å². The Morgan fingerprint density at radius 3 is 2.63 bits per heavy atom. The number of aliphatic hydroxyl groups is 2. The van der Waals surface area contributed by atoms with Crippen molar-refractivity contribution in [2.24, 2.45) is 0 Å². The fourth-order valence-corrected chi connectivity index (χ4v) is 4.29. The first-order chi connectivity index (χ1) is 16.7. The van der Waals surface area contributed by atoms with Crippen molar-refractivity contribution in [1.82, 2.24) is 15.2 Å². The van der Waals surface area contributed by atoms with Gasteiger partial charge in [0.2, 0.25) is 5.88 Å². The Hall–Kier alpha value is -3.18. The second kappa shape index (κ2) is 9.82. The molecule has 0 unspecified atom stereocenters. The third kappa shape index (κ3) is 4.83. The largest absolute Gasteiger partial charge is 0.480 e. The van der Waals surface area contributed by atoms with Crippen LogP contribution in [0.5, 0.6) is 5.88 Å². The number of methoxy groups -OCH3 is 1. The molecule has 2 aromatic heterocycles. The van der Waals surface area contributed by atoms with Gasteiger partial charge in [0, 0.05) is 24.0 Å². The molecule has 3 heterocycles. The molecular weight excluding hydrogens is 463 g/mol. The van der Waals surface area contributed by atoms with Crippen LogP contribution in [-0.2, 0) is 5.92 Å². The van der Waals surface area contributed by atoms with Crippen molar-refractivity contribution in [3.63, 3.8) is 0 Å². The van der Waals surface area contributed by atoms with Crippen molar-refractivity contribution in [1.29, 1.82) is 0 Å². The molecule has 3 N–H and O–H groups in total. The number of benzene rings is 1. The molecule has 35 heavy (non-hydrogen) atoms. The zero-order valence-corrected chi connectivity index (χ0v) is 19.7. The summed E-state index contributed by atoms with van der Waals surface area (Å²) in [7, 11) is 1.53. The second-order valence-corrected chi connectivity index (χ2v) is 8.70. The van der Waals surface area contributed by atoms with Crippen LogP contribution in [-0.4, -0.2) is 58.3 Å². The van der Waals surface area contributed by atoms with Crippen molar-refractivity contribution in [3.8, 4) is 5.88 Å². The van der Waals surface area contributed by atoms with Crippen molar-refractivity contribution >= 4 is 22.4 Å². The molecule has 0 amide bonds. The number of alkyl halides is 2. The minimum Gasteiger partial charge on any atom is -0.480 e. The van der Waals surface area contributed by atoms with Crippen LogP contribution in [0.1, 0.15) is 42.6 Å². The smallest absolute Gasteiger partial charge is 0.298 e. The van der Waals surface area contributed by atoms with E-state index in [9.17, 15) is 13.9 Å². The molecule has 11 heteroatoms. The summed E-state index contributed by atoms with van der Waals surface area (Å²) in [5.41, 5.74) is 0.955. The minimum absolute atomic E-state index is 0.00198. The fraction of sp³-hybridized carbons (Fsp3) is 0.458. The summed E-state index contributed by atoms with van der Waals surface area (Å²) in [6, 6.07) is 4.80. The van der Waals surface area contributed by atoms with Crippen molar-refractivity contribution in [3.05, 3.63) is 46.9 Å². The molecular formula is C24H28F3N5O3. The lowest BCUT2D eigenvalue weighted by atomic mass is 10.00. The van der Waals surface area contributed by atoms with E-state index in [0.29, 0.717) is 54.2 Å². The van der Waals surface area contributed by atoms with Crippen LogP contribution in [0.25, 0.3) is 10.9 Å². The Bertz CT molecular complexity index is 1220. The number of piperidine rings is 1. The predicted molar refractivity (Wildman–Crippen MR) is 125 cm³/mol. The zero-order chi connectivity index (χ0) is 25.3. The van der Waals surface area contributed by atoms with Gasteiger partial charge in [0.15, 0.2) is 5.82 Å². The molecule has 0 bridgehead atoms. The van der Waals surface area contributed by atoms with Crippen LogP contribution >= 0.6 is 0 Å². The highest BCUT2D eigenvalue weighted by molar-refractivity contribution is 5.93. The number of aryl methyl sites for hydroxylation is 1. The average molecular weight is 492 g/mol. The maximum atomic E-state index is 15.0. The Balaban J connectivity index is 1.74. The van der Waals surface area contributed by atoms with E-state index in [2.05, 4.69) is 25.4 Å². The molecule has 4 rings (SSSR count). The molecule has 188 valence electrons. The minimum atomic E-state index is -3.70. The fourth-order valence-electron chi connectivity index (χ4n) is 4.29. The van der Waals surface area contributed by atoms with Crippen LogP contribution in [0.2, 0.25) is 0 Å². The van der Waals surface area contributed by atoms with E-state index in [1.807, 2.05) is 6.07 Å². The highest BCUT2D eigenvalue weighted by Gasteiger charge is 2.35. The van der Waals surface area contributed by atoms with Gasteiger partial charge >= 0.3 is 0 Å². The van der Waals surface area contributed by atoms with E-state index in [1.54, 1.807) is 13.8 Å². The number of halogens is 3. The Labute approximate surface area is 200 Å². The van der Waals surface area contributed by atoms with Gasteiger partial charge in [0.05, 0.1) is 30.5 Å². The molecule has 1 fully saturated rings. The summed E-state index contributed by atoms with van der Waals surface area (Å²) in [5, 5.41) is 30.9. The number of hydrogen-bond acceptors (Lipinski definition) is 8. The zero-order valence-electron chi connectivity index (χ0n) is 19.7. The summed E-state index contributed by atoms with van der Waals surface area (Å²) in [6.45, 7) is 3.13. The lowest BCUT2D eigenvalue weighted by Crippen LogP contribution is -2.36. The van der Waals surface area contributed by atoms with Crippen LogP contribution in [0.3, 0.4) is 0 Å². The topological polar surface area (TPSA) is 104 Å². The summed E-state index contributed by atoms with van der Waals surface area (Å²) >= 11 is 0. The lowest BCUT2D eigenvalue weighted by molar-refractivity contribution is -0.0583. The number of hydrogen-bond donors (Lipinski definition) is 3. The summed E-state index contributed by atoms with van der Waals surface area (Å²) in [5.74, 6) is -4.07. The van der Waals surface area contributed by atoms with Gasteiger partial charge < -0.3 is 25.2 Å². The number of fused-ring (bicyclic) bond motifs is 1. The molecule has 1 aliphatic rings. The van der Waals surface area contributed by atoms with E-state index in [-0.39, 0.29) is 11.7 Å². The maximum absolute atomic E-state index is 15.0. The number of anilines is 2. The van der Waals surface area contributed by atoms with Crippen molar-refractivity contribution < 1.29 is 28.1 Å². The van der Waals surface area contributed by atoms with Gasteiger partial charge in [-0.15, -0.1) is 5.10 Å². The van der Waals surface area contributed by atoms with E-state index in [0.717, 1.165) is 11.8 Å². The van der Waals surface area contributed by atoms with Crippen LogP contribution < -0.4 is 15.0 Å². The van der Waals surface area contributed by atoms with Gasteiger partial charge in [-0.05, 0) is 38.8 Å². The first-order valence-corrected chi connectivity index (χ1v) is 11.4.